The van der Waals surface area contributed by atoms with Crippen molar-refractivity contribution in [3.8, 4) is 0 Å². The molecule has 0 atom stereocenters. The summed E-state index contributed by atoms with van der Waals surface area (Å²) >= 11 is 0. The van der Waals surface area contributed by atoms with Crippen LogP contribution < -0.4 is 0 Å². The predicted octanol–water partition coefficient (Wildman–Crippen LogP) is 3.66. The molecule has 0 saturated heterocycles. The van der Waals surface area contributed by atoms with Crippen LogP contribution in [0.5, 0.6) is 0 Å². The molecule has 0 bridgehead atoms. The number of ketones is 1. The fourth-order valence-corrected chi connectivity index (χ4v) is 2.83. The van der Waals surface area contributed by atoms with E-state index in [1.54, 1.807) is 31.4 Å². The van der Waals surface area contributed by atoms with E-state index in [1.807, 2.05) is 31.2 Å². The Balaban J connectivity index is 1.69. The third-order valence-corrected chi connectivity index (χ3v) is 4.01. The first kappa shape index (κ1) is 16.9. The molecule has 0 unspecified atom stereocenters. The zero-order chi connectivity index (χ0) is 17.8. The van der Waals surface area contributed by atoms with Gasteiger partial charge in [-0.15, -0.1) is 0 Å². The van der Waals surface area contributed by atoms with Gasteiger partial charge in [-0.2, -0.15) is 0 Å². The molecule has 2 aromatic carbocycles. The molecule has 5 heteroatoms. The number of para-hydroxylation sites is 1. The predicted molar refractivity (Wildman–Crippen MR) is 94.8 cm³/mol. The van der Waals surface area contributed by atoms with E-state index < -0.39 is 5.97 Å². The molecule has 25 heavy (non-hydrogen) atoms. The molecule has 0 aliphatic heterocycles. The molecule has 1 N–H and O–H groups in total. The van der Waals surface area contributed by atoms with E-state index in [0.717, 1.165) is 22.2 Å². The Morgan fingerprint density at radius 1 is 1.04 bits per heavy atom. The summed E-state index contributed by atoms with van der Waals surface area (Å²) in [6.45, 7) is 2.03. The minimum atomic E-state index is -0.519. The van der Waals surface area contributed by atoms with Crippen LogP contribution in [0, 0.1) is 6.92 Å². The minimum Gasteiger partial charge on any atom is -0.454 e. The number of aromatic amines is 1. The number of benzene rings is 2. The number of rotatable bonds is 6. The van der Waals surface area contributed by atoms with E-state index >= 15 is 0 Å². The van der Waals surface area contributed by atoms with Crippen LogP contribution in [-0.2, 0) is 16.1 Å². The number of carbonyl (C=O) groups is 2. The number of Topliss-reactive ketones (excluding diaryl/α,β-unsaturated/α-hetero) is 1. The quantitative estimate of drug-likeness (QED) is 0.550. The van der Waals surface area contributed by atoms with Crippen molar-refractivity contribution in [3.63, 3.8) is 0 Å². The van der Waals surface area contributed by atoms with Crippen LogP contribution in [0.3, 0.4) is 0 Å². The SMILES string of the molecule is COCc1ccc(C(=O)OCC(=O)c2c(C)[nH]c3ccccc23)cc1. The largest absolute Gasteiger partial charge is 0.454 e. The molecule has 0 fully saturated rings. The Labute approximate surface area is 145 Å². The van der Waals surface area contributed by atoms with Crippen LogP contribution in [0.4, 0.5) is 0 Å². The molecule has 3 rings (SSSR count). The molecule has 0 aliphatic carbocycles. The molecule has 1 aromatic heterocycles. The first-order chi connectivity index (χ1) is 12.1. The Hall–Kier alpha value is -2.92. The minimum absolute atomic E-state index is 0.223. The van der Waals surface area contributed by atoms with Crippen molar-refractivity contribution in [3.05, 3.63) is 70.9 Å². The topological polar surface area (TPSA) is 68.4 Å². The summed E-state index contributed by atoms with van der Waals surface area (Å²) < 4.78 is 10.2. The van der Waals surface area contributed by atoms with Gasteiger partial charge in [0.05, 0.1) is 12.2 Å². The van der Waals surface area contributed by atoms with Crippen molar-refractivity contribution >= 4 is 22.7 Å². The van der Waals surface area contributed by atoms with Crippen molar-refractivity contribution < 1.29 is 19.1 Å². The van der Waals surface area contributed by atoms with E-state index in [4.69, 9.17) is 9.47 Å². The highest BCUT2D eigenvalue weighted by Crippen LogP contribution is 2.22. The van der Waals surface area contributed by atoms with Crippen LogP contribution in [-0.4, -0.2) is 30.5 Å². The summed E-state index contributed by atoms with van der Waals surface area (Å²) in [5.41, 5.74) is 3.60. The Morgan fingerprint density at radius 2 is 1.76 bits per heavy atom. The molecular formula is C20H19NO4. The third-order valence-electron chi connectivity index (χ3n) is 4.01. The maximum atomic E-state index is 12.5. The highest BCUT2D eigenvalue weighted by Gasteiger charge is 2.18. The first-order valence-corrected chi connectivity index (χ1v) is 7.95. The van der Waals surface area contributed by atoms with Gasteiger partial charge in [-0.05, 0) is 30.7 Å². The lowest BCUT2D eigenvalue weighted by Gasteiger charge is -2.06. The van der Waals surface area contributed by atoms with E-state index in [1.165, 1.54) is 0 Å². The van der Waals surface area contributed by atoms with Gasteiger partial charge in [-0.1, -0.05) is 30.3 Å². The number of ether oxygens (including phenoxy) is 2. The van der Waals surface area contributed by atoms with Gasteiger partial charge in [-0.3, -0.25) is 4.79 Å². The number of H-pyrrole nitrogens is 1. The highest BCUT2D eigenvalue weighted by atomic mass is 16.5. The van der Waals surface area contributed by atoms with Crippen molar-refractivity contribution in [1.82, 2.24) is 4.98 Å². The lowest BCUT2D eigenvalue weighted by atomic mass is 10.1. The average Bonchev–Trinajstić information content (AvgIpc) is 2.96. The summed E-state index contributed by atoms with van der Waals surface area (Å²) in [7, 11) is 1.61. The Bertz CT molecular complexity index is 909. The van der Waals surface area contributed by atoms with E-state index in [0.29, 0.717) is 17.7 Å². The van der Waals surface area contributed by atoms with Crippen molar-refractivity contribution in [2.75, 3.05) is 13.7 Å². The fourth-order valence-electron chi connectivity index (χ4n) is 2.83. The number of methoxy groups -OCH3 is 1. The second-order valence-electron chi connectivity index (χ2n) is 5.80. The zero-order valence-electron chi connectivity index (χ0n) is 14.2. The van der Waals surface area contributed by atoms with E-state index in [-0.39, 0.29) is 12.4 Å². The molecule has 0 spiro atoms. The van der Waals surface area contributed by atoms with Crippen LogP contribution in [0.25, 0.3) is 10.9 Å². The summed E-state index contributed by atoms with van der Waals surface area (Å²) in [5.74, 6) is -0.742. The van der Waals surface area contributed by atoms with Crippen LogP contribution >= 0.6 is 0 Å². The number of aromatic nitrogens is 1. The summed E-state index contributed by atoms with van der Waals surface area (Å²) in [4.78, 5) is 27.8. The zero-order valence-corrected chi connectivity index (χ0v) is 14.2. The molecule has 0 radical (unpaired) electrons. The fraction of sp³-hybridized carbons (Fsp3) is 0.200. The standard InChI is InChI=1S/C20H19NO4/c1-13-19(16-5-3-4-6-17(16)21-13)18(22)12-25-20(23)15-9-7-14(8-10-15)11-24-2/h3-10,21H,11-12H2,1-2H3. The van der Waals surface area contributed by atoms with Gasteiger partial charge in [0, 0.05) is 29.3 Å². The summed E-state index contributed by atoms with van der Waals surface area (Å²) in [6, 6.07) is 14.5. The molecule has 0 aliphatic rings. The smallest absolute Gasteiger partial charge is 0.338 e. The van der Waals surface area contributed by atoms with Crippen LogP contribution in [0.15, 0.2) is 48.5 Å². The van der Waals surface area contributed by atoms with E-state index in [2.05, 4.69) is 4.98 Å². The van der Waals surface area contributed by atoms with Gasteiger partial charge >= 0.3 is 5.97 Å². The highest BCUT2D eigenvalue weighted by molar-refractivity contribution is 6.10. The lowest BCUT2D eigenvalue weighted by molar-refractivity contribution is 0.0475. The monoisotopic (exact) mass is 337 g/mol. The molecule has 3 aromatic rings. The molecule has 0 saturated carbocycles. The number of hydrogen-bond donors (Lipinski definition) is 1. The Morgan fingerprint density at radius 3 is 2.48 bits per heavy atom. The lowest BCUT2D eigenvalue weighted by Crippen LogP contribution is -2.15. The van der Waals surface area contributed by atoms with Gasteiger partial charge in [0.2, 0.25) is 5.78 Å². The number of fused-ring (bicyclic) bond motifs is 1. The van der Waals surface area contributed by atoms with Gasteiger partial charge < -0.3 is 14.5 Å². The number of hydrogen-bond acceptors (Lipinski definition) is 4. The van der Waals surface area contributed by atoms with Gasteiger partial charge in [0.1, 0.15) is 0 Å². The number of esters is 1. The number of aryl methyl sites for hydroxylation is 1. The first-order valence-electron chi connectivity index (χ1n) is 7.95. The second kappa shape index (κ2) is 7.32. The van der Waals surface area contributed by atoms with Crippen molar-refractivity contribution in [2.24, 2.45) is 0 Å². The second-order valence-corrected chi connectivity index (χ2v) is 5.80. The summed E-state index contributed by atoms with van der Waals surface area (Å²) in [5, 5.41) is 0.838. The van der Waals surface area contributed by atoms with Crippen molar-refractivity contribution in [1.29, 1.82) is 0 Å². The molecular weight excluding hydrogens is 318 g/mol. The molecule has 0 amide bonds. The average molecular weight is 337 g/mol. The van der Waals surface area contributed by atoms with Gasteiger partial charge in [0.25, 0.3) is 0 Å². The number of carbonyl (C=O) groups excluding carboxylic acids is 2. The third kappa shape index (κ3) is 3.61. The van der Waals surface area contributed by atoms with Crippen LogP contribution in [0.1, 0.15) is 32.0 Å². The molecule has 128 valence electrons. The van der Waals surface area contributed by atoms with Gasteiger partial charge in [0.15, 0.2) is 6.61 Å². The van der Waals surface area contributed by atoms with Crippen molar-refractivity contribution in [2.45, 2.75) is 13.5 Å². The maximum absolute atomic E-state index is 12.5. The maximum Gasteiger partial charge on any atom is 0.338 e. The molecule has 5 nitrogen and oxygen atoms in total. The van der Waals surface area contributed by atoms with Crippen LogP contribution in [0.2, 0.25) is 0 Å². The van der Waals surface area contributed by atoms with Gasteiger partial charge in [-0.25, -0.2) is 4.79 Å². The molecule has 1 heterocycles. The normalized spacial score (nSPS) is 10.8. The van der Waals surface area contributed by atoms with E-state index in [9.17, 15) is 9.59 Å². The summed E-state index contributed by atoms with van der Waals surface area (Å²) in [6.07, 6.45) is 0. The number of nitrogens with one attached hydrogen (secondary N) is 1. The Kier molecular flexibility index (Phi) is 4.95.